The van der Waals surface area contributed by atoms with Gasteiger partial charge in [0.1, 0.15) is 6.04 Å². The summed E-state index contributed by atoms with van der Waals surface area (Å²) in [6.07, 6.45) is 3.76. The quantitative estimate of drug-likeness (QED) is 0.693. The van der Waals surface area contributed by atoms with Gasteiger partial charge in [0, 0.05) is 12.3 Å². The molecule has 0 saturated heterocycles. The monoisotopic (exact) mass is 418 g/mol. The second kappa shape index (κ2) is 6.78. The molecule has 0 spiro atoms. The number of carbonyl (C=O) groups excluding carboxylic acids is 1. The topological polar surface area (TPSA) is 111 Å². The van der Waals surface area contributed by atoms with Crippen molar-refractivity contribution < 1.29 is 13.2 Å². The Labute approximate surface area is 165 Å². The lowest BCUT2D eigenvalue weighted by atomic mass is 10.2. The Morgan fingerprint density at radius 1 is 1.29 bits per heavy atom. The van der Waals surface area contributed by atoms with Gasteiger partial charge in [-0.1, -0.05) is 11.3 Å². The lowest BCUT2D eigenvalue weighted by Gasteiger charge is -2.14. The van der Waals surface area contributed by atoms with Gasteiger partial charge in [-0.05, 0) is 49.9 Å². The van der Waals surface area contributed by atoms with Crippen LogP contribution in [0.25, 0.3) is 10.2 Å². The summed E-state index contributed by atoms with van der Waals surface area (Å²) in [7, 11) is -3.32. The fourth-order valence-corrected chi connectivity index (χ4v) is 4.83. The number of hydrogen-bond acceptors (Lipinski definition) is 7. The smallest absolute Gasteiger partial charge is 0.267 e. The van der Waals surface area contributed by atoms with E-state index in [1.807, 2.05) is 0 Å². The third-order valence-corrected chi connectivity index (χ3v) is 6.79. The fourth-order valence-electron chi connectivity index (χ4n) is 3.20. The largest absolute Gasteiger partial charge is 0.300 e. The van der Waals surface area contributed by atoms with E-state index in [1.54, 1.807) is 19.1 Å². The van der Waals surface area contributed by atoms with Crippen LogP contribution in [0.3, 0.4) is 0 Å². The molecule has 1 aromatic carbocycles. The Morgan fingerprint density at radius 3 is 2.82 bits per heavy atom. The number of carbonyl (C=O) groups is 1. The number of rotatable bonds is 4. The van der Waals surface area contributed by atoms with Crippen molar-refractivity contribution in [2.75, 3.05) is 11.6 Å². The number of benzene rings is 1. The third kappa shape index (κ3) is 3.45. The third-order valence-electron chi connectivity index (χ3n) is 4.75. The summed E-state index contributed by atoms with van der Waals surface area (Å²) in [5, 5.41) is 7.40. The Morgan fingerprint density at radius 2 is 2.07 bits per heavy atom. The van der Waals surface area contributed by atoms with Crippen LogP contribution in [-0.4, -0.2) is 35.3 Å². The minimum Gasteiger partial charge on any atom is -0.300 e. The van der Waals surface area contributed by atoms with Gasteiger partial charge < -0.3 is 5.32 Å². The molecule has 1 atom stereocenters. The van der Waals surface area contributed by atoms with Gasteiger partial charge in [0.15, 0.2) is 15.0 Å². The first-order valence-corrected chi connectivity index (χ1v) is 11.5. The van der Waals surface area contributed by atoms with Crippen LogP contribution in [0.4, 0.5) is 5.13 Å². The number of thiazole rings is 1. The molecule has 146 valence electrons. The van der Waals surface area contributed by atoms with Gasteiger partial charge in [0.05, 0.1) is 20.8 Å². The Bertz CT molecular complexity index is 1260. The number of nitrogens with one attached hydrogen (secondary N) is 1. The van der Waals surface area contributed by atoms with Crippen LogP contribution >= 0.6 is 11.3 Å². The summed E-state index contributed by atoms with van der Waals surface area (Å²) in [5.41, 5.74) is 2.12. The number of nitrogens with zero attached hydrogens (tertiary/aromatic N) is 3. The van der Waals surface area contributed by atoms with Gasteiger partial charge in [-0.15, -0.1) is 0 Å². The van der Waals surface area contributed by atoms with Crippen molar-refractivity contribution in [1.82, 2.24) is 14.8 Å². The molecule has 3 aromatic rings. The van der Waals surface area contributed by atoms with Crippen molar-refractivity contribution in [1.29, 1.82) is 0 Å². The van der Waals surface area contributed by atoms with Crippen LogP contribution in [0, 0.1) is 0 Å². The van der Waals surface area contributed by atoms with Crippen molar-refractivity contribution in [3.05, 3.63) is 45.9 Å². The molecule has 1 aliphatic rings. The number of hydrogen-bond donors (Lipinski definition) is 1. The number of amides is 1. The van der Waals surface area contributed by atoms with Crippen molar-refractivity contribution in [3.8, 4) is 0 Å². The normalized spacial score (nSPS) is 14.8. The lowest BCUT2D eigenvalue weighted by molar-refractivity contribution is -0.119. The van der Waals surface area contributed by atoms with Crippen LogP contribution in [0.1, 0.15) is 30.6 Å². The van der Waals surface area contributed by atoms with Crippen molar-refractivity contribution >= 4 is 42.4 Å². The average molecular weight is 419 g/mol. The van der Waals surface area contributed by atoms with Gasteiger partial charge in [0.2, 0.25) is 0 Å². The van der Waals surface area contributed by atoms with Gasteiger partial charge in [-0.25, -0.2) is 18.1 Å². The average Bonchev–Trinajstić information content (AvgIpc) is 3.24. The zero-order chi connectivity index (χ0) is 20.1. The van der Waals surface area contributed by atoms with E-state index < -0.39 is 21.8 Å². The highest BCUT2D eigenvalue weighted by atomic mass is 32.2. The zero-order valence-corrected chi connectivity index (χ0v) is 16.9. The molecule has 0 radical (unpaired) electrons. The number of aryl methyl sites for hydroxylation is 2. The molecular weight excluding hydrogens is 400 g/mol. The van der Waals surface area contributed by atoms with Gasteiger partial charge in [0.25, 0.3) is 11.5 Å². The van der Waals surface area contributed by atoms with Crippen molar-refractivity contribution in [3.63, 3.8) is 0 Å². The summed E-state index contributed by atoms with van der Waals surface area (Å²) in [4.78, 5) is 29.4. The van der Waals surface area contributed by atoms with E-state index in [-0.39, 0.29) is 10.5 Å². The molecule has 1 amide bonds. The Kier molecular flexibility index (Phi) is 4.54. The number of sulfone groups is 1. The molecule has 0 bridgehead atoms. The summed E-state index contributed by atoms with van der Waals surface area (Å²) in [6.45, 7) is 1.61. The molecule has 0 unspecified atom stereocenters. The second-order valence-corrected chi connectivity index (χ2v) is 9.88. The minimum atomic E-state index is -3.32. The van der Waals surface area contributed by atoms with E-state index in [2.05, 4.69) is 15.4 Å². The van der Waals surface area contributed by atoms with E-state index in [1.165, 1.54) is 28.2 Å². The second-order valence-electron chi connectivity index (χ2n) is 6.84. The molecular formula is C18H18N4O4S2. The van der Waals surface area contributed by atoms with Crippen molar-refractivity contribution in [2.45, 2.75) is 37.1 Å². The summed E-state index contributed by atoms with van der Waals surface area (Å²) < 4.78 is 25.2. The van der Waals surface area contributed by atoms with E-state index in [0.717, 1.165) is 36.8 Å². The van der Waals surface area contributed by atoms with Gasteiger partial charge in [-0.3, -0.25) is 9.59 Å². The lowest BCUT2D eigenvalue weighted by Crippen LogP contribution is -2.33. The van der Waals surface area contributed by atoms with Crippen LogP contribution in [0.2, 0.25) is 0 Å². The number of aromatic nitrogens is 3. The Balaban J connectivity index is 1.59. The number of anilines is 1. The first kappa shape index (κ1) is 18.8. The van der Waals surface area contributed by atoms with Gasteiger partial charge in [-0.2, -0.15) is 5.10 Å². The molecule has 0 saturated carbocycles. The summed E-state index contributed by atoms with van der Waals surface area (Å²) in [5.74, 6) is -0.407. The highest BCUT2D eigenvalue weighted by molar-refractivity contribution is 7.90. The van der Waals surface area contributed by atoms with E-state index in [4.69, 9.17) is 0 Å². The predicted octanol–water partition coefficient (Wildman–Crippen LogP) is 1.94. The molecule has 8 nitrogen and oxygen atoms in total. The number of fused-ring (bicyclic) bond motifs is 2. The molecule has 0 aliphatic heterocycles. The fraction of sp³-hybridized carbons (Fsp3) is 0.333. The molecule has 1 aliphatic carbocycles. The molecule has 1 N–H and O–H groups in total. The predicted molar refractivity (Wildman–Crippen MR) is 107 cm³/mol. The summed E-state index contributed by atoms with van der Waals surface area (Å²) in [6, 6.07) is 5.39. The van der Waals surface area contributed by atoms with Crippen molar-refractivity contribution in [2.24, 2.45) is 0 Å². The molecule has 28 heavy (non-hydrogen) atoms. The molecule has 4 rings (SSSR count). The minimum absolute atomic E-state index is 0.198. The standard InChI is InChI=1S/C18H18N4O4S2/c1-10(22-16(23)8-11-4-3-5-13(11)21-22)17(24)20-18-19-14-7-6-12(28(2,25)26)9-15(14)27-18/h6-10H,3-5H2,1-2H3,(H,19,20,24)/t10-/m0/s1. The maximum atomic E-state index is 12.6. The maximum Gasteiger partial charge on any atom is 0.267 e. The maximum absolute atomic E-state index is 12.6. The van der Waals surface area contributed by atoms with E-state index in [9.17, 15) is 18.0 Å². The molecule has 2 heterocycles. The first-order valence-electron chi connectivity index (χ1n) is 8.75. The summed E-state index contributed by atoms with van der Waals surface area (Å²) >= 11 is 1.18. The van der Waals surface area contributed by atoms with E-state index in [0.29, 0.717) is 15.3 Å². The molecule has 2 aromatic heterocycles. The molecule has 10 heteroatoms. The van der Waals surface area contributed by atoms with Gasteiger partial charge >= 0.3 is 0 Å². The Hall–Kier alpha value is -2.59. The molecule has 0 fully saturated rings. The first-order chi connectivity index (χ1) is 13.2. The van der Waals surface area contributed by atoms with Crippen LogP contribution in [0.15, 0.2) is 34.0 Å². The van der Waals surface area contributed by atoms with Crippen LogP contribution in [-0.2, 0) is 27.5 Å². The SMILES string of the molecule is C[C@@H](C(=O)Nc1nc2ccc(S(C)(=O)=O)cc2s1)n1nc2c(cc1=O)CCC2. The van der Waals surface area contributed by atoms with E-state index >= 15 is 0 Å². The van der Waals surface area contributed by atoms with Crippen LogP contribution < -0.4 is 10.9 Å². The van der Waals surface area contributed by atoms with Crippen LogP contribution in [0.5, 0.6) is 0 Å². The zero-order valence-electron chi connectivity index (χ0n) is 15.3. The highest BCUT2D eigenvalue weighted by Crippen LogP contribution is 2.28. The highest BCUT2D eigenvalue weighted by Gasteiger charge is 2.22.